The molecule has 0 saturated heterocycles. The van der Waals surface area contributed by atoms with Gasteiger partial charge in [-0.1, -0.05) is 13.8 Å². The van der Waals surface area contributed by atoms with Crippen molar-refractivity contribution >= 4 is 5.84 Å². The van der Waals surface area contributed by atoms with Crippen molar-refractivity contribution in [3.63, 3.8) is 0 Å². The molecule has 1 unspecified atom stereocenters. The predicted octanol–water partition coefficient (Wildman–Crippen LogP) is 0.278. The molecule has 16 heavy (non-hydrogen) atoms. The number of aliphatic hydroxyl groups is 1. The first-order valence-corrected chi connectivity index (χ1v) is 5.49. The van der Waals surface area contributed by atoms with Crippen LogP contribution in [0.4, 0.5) is 0 Å². The first kappa shape index (κ1) is 15.3. The monoisotopic (exact) mass is 231 g/mol. The zero-order valence-corrected chi connectivity index (χ0v) is 10.8. The van der Waals surface area contributed by atoms with Crippen LogP contribution in [0.25, 0.3) is 0 Å². The Balaban J connectivity index is 3.89. The quantitative estimate of drug-likeness (QED) is 0.414. The number of hydrogen-bond acceptors (Lipinski definition) is 4. The molecule has 0 aliphatic rings. The summed E-state index contributed by atoms with van der Waals surface area (Å²) in [6.45, 7) is 5.62. The van der Waals surface area contributed by atoms with Gasteiger partial charge >= 0.3 is 0 Å². The van der Waals surface area contributed by atoms with E-state index < -0.39 is 6.10 Å². The van der Waals surface area contributed by atoms with E-state index in [1.54, 1.807) is 7.11 Å². The van der Waals surface area contributed by atoms with Gasteiger partial charge in [-0.25, -0.2) is 0 Å². The first-order valence-electron chi connectivity index (χ1n) is 5.49. The van der Waals surface area contributed by atoms with E-state index in [2.05, 4.69) is 0 Å². The Kier molecular flexibility index (Phi) is 6.55. The Hall–Kier alpha value is -0.650. The second-order valence-corrected chi connectivity index (χ2v) is 4.92. The van der Waals surface area contributed by atoms with E-state index in [9.17, 15) is 5.11 Å². The van der Waals surface area contributed by atoms with E-state index in [0.717, 1.165) is 13.0 Å². The van der Waals surface area contributed by atoms with Crippen LogP contribution in [0, 0.1) is 10.8 Å². The van der Waals surface area contributed by atoms with Crippen LogP contribution in [0.2, 0.25) is 0 Å². The lowest BCUT2D eigenvalue weighted by molar-refractivity contribution is 0.0420. The summed E-state index contributed by atoms with van der Waals surface area (Å²) in [7, 11) is 3.51. The number of nitrogens with zero attached hydrogens (tertiary/aromatic N) is 1. The van der Waals surface area contributed by atoms with Crippen molar-refractivity contribution in [1.29, 1.82) is 5.41 Å². The molecule has 0 aliphatic heterocycles. The molecule has 0 fully saturated rings. The van der Waals surface area contributed by atoms with E-state index in [0.29, 0.717) is 13.2 Å². The highest BCUT2D eigenvalue weighted by atomic mass is 16.5. The normalized spacial score (nSPS) is 14.1. The van der Waals surface area contributed by atoms with Crippen LogP contribution in [0.5, 0.6) is 0 Å². The molecule has 0 amide bonds. The Morgan fingerprint density at radius 2 is 2.12 bits per heavy atom. The van der Waals surface area contributed by atoms with Crippen molar-refractivity contribution in [3.8, 4) is 0 Å². The number of likely N-dealkylation sites (N-methyl/N-ethyl adjacent to an activating group) is 1. The van der Waals surface area contributed by atoms with E-state index >= 15 is 0 Å². The summed E-state index contributed by atoms with van der Waals surface area (Å²) in [6.07, 6.45) is 0.342. The molecule has 5 nitrogen and oxygen atoms in total. The molecule has 0 aromatic rings. The maximum atomic E-state index is 9.52. The van der Waals surface area contributed by atoms with Gasteiger partial charge in [0.05, 0.1) is 18.5 Å². The number of nitrogens with two attached hydrogens (primary N) is 1. The summed E-state index contributed by atoms with van der Waals surface area (Å²) in [6, 6.07) is 0. The topological polar surface area (TPSA) is 82.6 Å². The molecule has 4 N–H and O–H groups in total. The van der Waals surface area contributed by atoms with Gasteiger partial charge in [-0.15, -0.1) is 0 Å². The Morgan fingerprint density at radius 1 is 1.56 bits per heavy atom. The van der Waals surface area contributed by atoms with Crippen molar-refractivity contribution in [1.82, 2.24) is 4.90 Å². The molecular formula is C11H25N3O2. The van der Waals surface area contributed by atoms with Gasteiger partial charge in [0.15, 0.2) is 0 Å². The lowest BCUT2D eigenvalue weighted by Gasteiger charge is -2.27. The van der Waals surface area contributed by atoms with Crippen LogP contribution in [0.15, 0.2) is 0 Å². The van der Waals surface area contributed by atoms with E-state index in [-0.39, 0.29) is 11.3 Å². The van der Waals surface area contributed by atoms with Crippen LogP contribution < -0.4 is 5.73 Å². The number of ether oxygens (including phenoxy) is 1. The van der Waals surface area contributed by atoms with Gasteiger partial charge in [-0.3, -0.25) is 5.41 Å². The fourth-order valence-electron chi connectivity index (χ4n) is 1.30. The average molecular weight is 231 g/mol. The molecule has 1 atom stereocenters. The van der Waals surface area contributed by atoms with E-state index in [4.69, 9.17) is 15.9 Å². The van der Waals surface area contributed by atoms with Gasteiger partial charge in [-0.05, 0) is 20.0 Å². The number of aliphatic hydroxyl groups excluding tert-OH is 1. The molecule has 0 heterocycles. The number of amidine groups is 1. The molecule has 0 aromatic heterocycles. The number of rotatable bonds is 8. The van der Waals surface area contributed by atoms with Gasteiger partial charge in [0.1, 0.15) is 0 Å². The Bertz CT molecular complexity index is 219. The Morgan fingerprint density at radius 3 is 2.56 bits per heavy atom. The highest BCUT2D eigenvalue weighted by molar-refractivity contribution is 5.82. The smallest absolute Gasteiger partial charge is 0.0963 e. The van der Waals surface area contributed by atoms with Gasteiger partial charge in [0, 0.05) is 19.1 Å². The minimum absolute atomic E-state index is 0.207. The highest BCUT2D eigenvalue weighted by Crippen LogP contribution is 2.19. The van der Waals surface area contributed by atoms with Gasteiger partial charge in [0.25, 0.3) is 0 Å². The zero-order valence-electron chi connectivity index (χ0n) is 10.8. The van der Waals surface area contributed by atoms with Crippen LogP contribution in [0.1, 0.15) is 20.3 Å². The summed E-state index contributed by atoms with van der Waals surface area (Å²) in [5, 5.41) is 17.0. The van der Waals surface area contributed by atoms with Crippen molar-refractivity contribution in [2.45, 2.75) is 26.4 Å². The number of methoxy groups -OCH3 is 1. The largest absolute Gasteiger partial charge is 0.389 e. The minimum atomic E-state index is -0.463. The maximum absolute atomic E-state index is 9.52. The third kappa shape index (κ3) is 6.05. The fraction of sp³-hybridized carbons (Fsp3) is 0.909. The van der Waals surface area contributed by atoms with Crippen LogP contribution in [0.3, 0.4) is 0 Å². The second-order valence-electron chi connectivity index (χ2n) is 4.92. The van der Waals surface area contributed by atoms with Gasteiger partial charge in [0.2, 0.25) is 0 Å². The summed E-state index contributed by atoms with van der Waals surface area (Å²) in [5.41, 5.74) is 5.22. The van der Waals surface area contributed by atoms with Crippen LogP contribution >= 0.6 is 0 Å². The van der Waals surface area contributed by atoms with Crippen molar-refractivity contribution in [3.05, 3.63) is 0 Å². The lowest BCUT2D eigenvalue weighted by atomic mass is 9.88. The first-order chi connectivity index (χ1) is 7.29. The molecule has 0 saturated carbocycles. The molecule has 0 bridgehead atoms. The molecule has 96 valence electrons. The third-order valence-corrected chi connectivity index (χ3v) is 2.73. The van der Waals surface area contributed by atoms with Gasteiger partial charge in [-0.2, -0.15) is 0 Å². The maximum Gasteiger partial charge on any atom is 0.0963 e. The number of hydrogen-bond donors (Lipinski definition) is 3. The van der Waals surface area contributed by atoms with Crippen molar-refractivity contribution in [2.24, 2.45) is 11.1 Å². The van der Waals surface area contributed by atoms with E-state index in [1.165, 1.54) is 0 Å². The molecule has 0 spiro atoms. The van der Waals surface area contributed by atoms with Crippen LogP contribution in [-0.4, -0.2) is 55.8 Å². The lowest BCUT2D eigenvalue weighted by Crippen LogP contribution is -2.37. The standard InChI is InChI=1S/C11H25N3O2/c1-11(2,10(12)13)5-6-14(3)7-9(15)8-16-4/h9,15H,5-8H2,1-4H3,(H3,12,13). The van der Waals surface area contributed by atoms with Crippen molar-refractivity contribution in [2.75, 3.05) is 33.9 Å². The zero-order chi connectivity index (χ0) is 12.8. The third-order valence-electron chi connectivity index (χ3n) is 2.73. The molecular weight excluding hydrogens is 206 g/mol. The fourth-order valence-corrected chi connectivity index (χ4v) is 1.30. The van der Waals surface area contributed by atoms with Gasteiger partial charge < -0.3 is 20.5 Å². The molecule has 0 aromatic carbocycles. The summed E-state index contributed by atoms with van der Waals surface area (Å²) >= 11 is 0. The van der Waals surface area contributed by atoms with Crippen molar-refractivity contribution < 1.29 is 9.84 Å². The van der Waals surface area contributed by atoms with Crippen LogP contribution in [-0.2, 0) is 4.74 Å². The molecule has 0 rings (SSSR count). The minimum Gasteiger partial charge on any atom is -0.389 e. The molecule has 0 radical (unpaired) electrons. The van der Waals surface area contributed by atoms with E-state index in [1.807, 2.05) is 25.8 Å². The SMILES string of the molecule is COCC(O)CN(C)CCC(C)(C)C(=N)N. The molecule has 0 aliphatic carbocycles. The summed E-state index contributed by atoms with van der Waals surface area (Å²) < 4.78 is 4.86. The summed E-state index contributed by atoms with van der Waals surface area (Å²) in [4.78, 5) is 2.02. The average Bonchev–Trinajstić information content (AvgIpc) is 2.15. The predicted molar refractivity (Wildman–Crippen MR) is 65.7 cm³/mol. The molecule has 5 heteroatoms. The highest BCUT2D eigenvalue weighted by Gasteiger charge is 2.22. The number of nitrogens with one attached hydrogen (secondary N) is 1. The second kappa shape index (κ2) is 6.83. The Labute approximate surface area is 98.1 Å². The summed E-state index contributed by atoms with van der Waals surface area (Å²) in [5.74, 6) is 0.207.